The van der Waals surface area contributed by atoms with Crippen LogP contribution in [0.4, 0.5) is 0 Å². The molecule has 1 aromatic heterocycles. The highest BCUT2D eigenvalue weighted by molar-refractivity contribution is 7.09. The molecule has 0 aromatic carbocycles. The molecule has 3 N–H and O–H groups in total. The Kier molecular flexibility index (Phi) is 5.30. The van der Waals surface area contributed by atoms with Gasteiger partial charge in [0.25, 0.3) is 5.91 Å². The second-order valence-electron chi connectivity index (χ2n) is 5.02. The van der Waals surface area contributed by atoms with Crippen LogP contribution < -0.4 is 11.1 Å². The van der Waals surface area contributed by atoms with Gasteiger partial charge in [0.1, 0.15) is 10.7 Å². The summed E-state index contributed by atoms with van der Waals surface area (Å²) in [5.74, 6) is -0.0971. The van der Waals surface area contributed by atoms with Crippen LogP contribution in [0.1, 0.15) is 47.7 Å². The number of likely N-dealkylation sites (tertiary alicyclic amines) is 1. The van der Waals surface area contributed by atoms with E-state index in [0.717, 1.165) is 24.6 Å². The summed E-state index contributed by atoms with van der Waals surface area (Å²) in [6, 6.07) is -0.111. The Morgan fingerprint density at radius 1 is 1.53 bits per heavy atom. The minimum atomic E-state index is -0.111. The van der Waals surface area contributed by atoms with Gasteiger partial charge in [-0.15, -0.1) is 11.3 Å². The van der Waals surface area contributed by atoms with Crippen molar-refractivity contribution >= 4 is 17.2 Å². The van der Waals surface area contributed by atoms with Gasteiger partial charge < -0.3 is 16.0 Å². The Bertz CT molecular complexity index is 413. The molecular formula is C13H22N4OS. The first kappa shape index (κ1) is 14.4. The third-order valence-electron chi connectivity index (χ3n) is 3.31. The third kappa shape index (κ3) is 4.26. The van der Waals surface area contributed by atoms with E-state index in [0.29, 0.717) is 12.2 Å². The van der Waals surface area contributed by atoms with Gasteiger partial charge in [-0.2, -0.15) is 0 Å². The summed E-state index contributed by atoms with van der Waals surface area (Å²) in [5.41, 5.74) is 6.22. The number of thiazole rings is 1. The van der Waals surface area contributed by atoms with Crippen molar-refractivity contribution in [1.29, 1.82) is 0 Å². The van der Waals surface area contributed by atoms with E-state index >= 15 is 0 Å². The molecule has 5 nitrogen and oxygen atoms in total. The van der Waals surface area contributed by atoms with Crippen molar-refractivity contribution in [3.63, 3.8) is 0 Å². The molecule has 1 aliphatic rings. The normalized spacial score (nSPS) is 18.2. The smallest absolute Gasteiger partial charge is 0.270 e. The number of aromatic nitrogens is 1. The van der Waals surface area contributed by atoms with Crippen LogP contribution in [0.15, 0.2) is 5.38 Å². The van der Waals surface area contributed by atoms with E-state index in [9.17, 15) is 4.79 Å². The number of amides is 1. The number of hydrogen-bond donors (Lipinski definition) is 2. The molecule has 0 saturated carbocycles. The number of hydrogen-bond acceptors (Lipinski definition) is 5. The number of carbonyl (C=O) groups excluding carboxylic acids is 1. The van der Waals surface area contributed by atoms with Crippen LogP contribution in [0, 0.1) is 0 Å². The second-order valence-corrected chi connectivity index (χ2v) is 5.91. The maximum Gasteiger partial charge on any atom is 0.270 e. The maximum atomic E-state index is 11.9. The summed E-state index contributed by atoms with van der Waals surface area (Å²) in [6.45, 7) is 5.79. The first-order chi connectivity index (χ1) is 9.16. The predicted molar refractivity (Wildman–Crippen MR) is 77.3 cm³/mol. The Hall–Kier alpha value is -0.980. The average Bonchev–Trinajstić information content (AvgIpc) is 2.89. The van der Waals surface area contributed by atoms with Gasteiger partial charge in [0.2, 0.25) is 0 Å². The molecule has 0 bridgehead atoms. The van der Waals surface area contributed by atoms with Gasteiger partial charge in [-0.3, -0.25) is 4.79 Å². The first-order valence-corrected chi connectivity index (χ1v) is 7.76. The second kappa shape index (κ2) is 6.98. The summed E-state index contributed by atoms with van der Waals surface area (Å²) < 4.78 is 0. The van der Waals surface area contributed by atoms with Crippen molar-refractivity contribution in [3.05, 3.63) is 16.1 Å². The van der Waals surface area contributed by atoms with Crippen LogP contribution in [-0.2, 0) is 0 Å². The van der Waals surface area contributed by atoms with Gasteiger partial charge >= 0.3 is 0 Å². The van der Waals surface area contributed by atoms with Gasteiger partial charge in [-0.25, -0.2) is 4.98 Å². The molecule has 106 valence electrons. The molecule has 0 spiro atoms. The van der Waals surface area contributed by atoms with E-state index in [1.54, 1.807) is 5.38 Å². The van der Waals surface area contributed by atoms with Crippen LogP contribution in [0.5, 0.6) is 0 Å². The van der Waals surface area contributed by atoms with Crippen LogP contribution in [0.2, 0.25) is 0 Å². The highest BCUT2D eigenvalue weighted by Crippen LogP contribution is 2.15. The van der Waals surface area contributed by atoms with E-state index < -0.39 is 0 Å². The van der Waals surface area contributed by atoms with Gasteiger partial charge in [0.15, 0.2) is 0 Å². The van der Waals surface area contributed by atoms with Gasteiger partial charge in [0, 0.05) is 18.5 Å². The van der Waals surface area contributed by atoms with E-state index in [4.69, 9.17) is 5.73 Å². The van der Waals surface area contributed by atoms with Crippen molar-refractivity contribution in [3.8, 4) is 0 Å². The van der Waals surface area contributed by atoms with Gasteiger partial charge in [-0.1, -0.05) is 6.42 Å². The molecule has 0 radical (unpaired) electrons. The van der Waals surface area contributed by atoms with Crippen molar-refractivity contribution < 1.29 is 4.79 Å². The number of nitrogens with one attached hydrogen (secondary N) is 1. The monoisotopic (exact) mass is 282 g/mol. The molecular weight excluding hydrogens is 260 g/mol. The largest absolute Gasteiger partial charge is 0.349 e. The lowest BCUT2D eigenvalue weighted by Gasteiger charge is -2.26. The van der Waals surface area contributed by atoms with Crippen LogP contribution in [0.3, 0.4) is 0 Å². The zero-order valence-corrected chi connectivity index (χ0v) is 12.2. The maximum absolute atomic E-state index is 11.9. The quantitative estimate of drug-likeness (QED) is 0.856. The zero-order valence-electron chi connectivity index (χ0n) is 11.4. The van der Waals surface area contributed by atoms with E-state index in [2.05, 4.69) is 15.2 Å². The van der Waals surface area contributed by atoms with E-state index in [-0.39, 0.29) is 11.9 Å². The molecule has 1 fully saturated rings. The molecule has 19 heavy (non-hydrogen) atoms. The van der Waals surface area contributed by atoms with Crippen molar-refractivity contribution in [2.24, 2.45) is 5.73 Å². The summed E-state index contributed by atoms with van der Waals surface area (Å²) in [7, 11) is 0. The summed E-state index contributed by atoms with van der Waals surface area (Å²) in [6.07, 6.45) is 3.89. The Morgan fingerprint density at radius 2 is 2.26 bits per heavy atom. The average molecular weight is 282 g/mol. The molecule has 6 heteroatoms. The van der Waals surface area contributed by atoms with Gasteiger partial charge in [-0.05, 0) is 32.9 Å². The predicted octanol–water partition coefficient (Wildman–Crippen LogP) is 1.38. The Labute approximate surface area is 118 Å². The molecule has 1 unspecified atom stereocenters. The number of piperidine rings is 1. The molecule has 2 rings (SSSR count). The molecule has 1 aromatic rings. The topological polar surface area (TPSA) is 71.2 Å². The van der Waals surface area contributed by atoms with Crippen molar-refractivity contribution in [2.45, 2.75) is 32.2 Å². The lowest BCUT2D eigenvalue weighted by molar-refractivity contribution is 0.0942. The standard InChI is InChI=1S/C13H22N4OS/c1-10(14)13-16-11(9-19-13)12(18)15-5-8-17-6-3-2-4-7-17/h9-10H,2-8,14H2,1H3,(H,15,18). The highest BCUT2D eigenvalue weighted by atomic mass is 32.1. The Morgan fingerprint density at radius 3 is 2.89 bits per heavy atom. The van der Waals surface area contributed by atoms with E-state index in [1.165, 1.54) is 30.6 Å². The lowest BCUT2D eigenvalue weighted by atomic mass is 10.1. The molecule has 2 heterocycles. The fourth-order valence-electron chi connectivity index (χ4n) is 2.20. The molecule has 1 saturated heterocycles. The summed E-state index contributed by atoms with van der Waals surface area (Å²) in [4.78, 5) is 18.5. The number of carbonyl (C=O) groups is 1. The molecule has 0 aliphatic carbocycles. The zero-order chi connectivity index (χ0) is 13.7. The van der Waals surface area contributed by atoms with E-state index in [1.807, 2.05) is 6.92 Å². The number of nitrogens with two attached hydrogens (primary N) is 1. The number of rotatable bonds is 5. The fourth-order valence-corrected chi connectivity index (χ4v) is 2.96. The lowest BCUT2D eigenvalue weighted by Crippen LogP contribution is -2.37. The first-order valence-electron chi connectivity index (χ1n) is 6.88. The fraction of sp³-hybridized carbons (Fsp3) is 0.692. The molecule has 1 amide bonds. The third-order valence-corrected chi connectivity index (χ3v) is 4.35. The van der Waals surface area contributed by atoms with Crippen LogP contribution >= 0.6 is 11.3 Å². The van der Waals surface area contributed by atoms with Crippen molar-refractivity contribution in [1.82, 2.24) is 15.2 Å². The minimum absolute atomic E-state index is 0.0971. The summed E-state index contributed by atoms with van der Waals surface area (Å²) in [5, 5.41) is 5.50. The highest BCUT2D eigenvalue weighted by Gasteiger charge is 2.13. The summed E-state index contributed by atoms with van der Waals surface area (Å²) >= 11 is 1.44. The number of nitrogens with zero attached hydrogens (tertiary/aromatic N) is 2. The Balaban J connectivity index is 1.74. The SMILES string of the molecule is CC(N)c1nc(C(=O)NCCN2CCCCC2)cs1. The van der Waals surface area contributed by atoms with Gasteiger partial charge in [0.05, 0.1) is 6.04 Å². The van der Waals surface area contributed by atoms with Crippen LogP contribution in [-0.4, -0.2) is 42.0 Å². The van der Waals surface area contributed by atoms with Crippen molar-refractivity contribution in [2.75, 3.05) is 26.2 Å². The molecule has 1 aliphatic heterocycles. The molecule has 1 atom stereocenters. The minimum Gasteiger partial charge on any atom is -0.349 e. The van der Waals surface area contributed by atoms with Crippen LogP contribution in [0.25, 0.3) is 0 Å².